The first-order valence-electron chi connectivity index (χ1n) is 8.42. The number of aromatic nitrogens is 3. The van der Waals surface area contributed by atoms with Crippen molar-refractivity contribution in [3.63, 3.8) is 0 Å². The number of halogens is 1. The second-order valence-corrected chi connectivity index (χ2v) is 6.38. The topological polar surface area (TPSA) is 98.2 Å². The van der Waals surface area contributed by atoms with E-state index in [1.807, 2.05) is 36.5 Å². The summed E-state index contributed by atoms with van der Waals surface area (Å²) in [5.41, 5.74) is 3.64. The van der Waals surface area contributed by atoms with Crippen LogP contribution in [0.3, 0.4) is 0 Å². The molecule has 1 aromatic carbocycles. The SMILES string of the molecule is Cl.O.c1ccc2oc(-c3cc4[nH]c(C5CCNCC5)ncc-4n3)cc2c1. The maximum Gasteiger partial charge on any atom is 0.153 e. The Hall–Kier alpha value is -2.41. The molecule has 0 spiro atoms. The molecule has 0 bridgehead atoms. The largest absolute Gasteiger partial charge is 0.454 e. The Morgan fingerprint density at radius 3 is 2.65 bits per heavy atom. The highest BCUT2D eigenvalue weighted by Gasteiger charge is 2.20. The molecule has 4 heterocycles. The number of rotatable bonds is 2. The van der Waals surface area contributed by atoms with Gasteiger partial charge in [-0.3, -0.25) is 0 Å². The zero-order valence-electron chi connectivity index (χ0n) is 14.2. The molecule has 3 aliphatic heterocycles. The lowest BCUT2D eigenvalue weighted by Gasteiger charge is -2.22. The van der Waals surface area contributed by atoms with Crippen molar-refractivity contribution in [3.8, 4) is 22.8 Å². The van der Waals surface area contributed by atoms with Gasteiger partial charge in [-0.25, -0.2) is 9.97 Å². The summed E-state index contributed by atoms with van der Waals surface area (Å²) in [6.45, 7) is 2.11. The Balaban J connectivity index is 0.000000980. The fourth-order valence-electron chi connectivity index (χ4n) is 3.47. The first kappa shape index (κ1) is 18.4. The molecule has 6 nitrogen and oxygen atoms in total. The number of nitrogens with one attached hydrogen (secondary N) is 2. The molecule has 3 aliphatic rings. The summed E-state index contributed by atoms with van der Waals surface area (Å²) in [7, 11) is 0. The molecule has 26 heavy (non-hydrogen) atoms. The lowest BCUT2D eigenvalue weighted by molar-refractivity contribution is 0.445. The molecule has 0 radical (unpaired) electrons. The van der Waals surface area contributed by atoms with E-state index in [9.17, 15) is 0 Å². The number of benzene rings is 1. The lowest BCUT2D eigenvalue weighted by Crippen LogP contribution is -2.27. The van der Waals surface area contributed by atoms with Gasteiger partial charge in [-0.05, 0) is 44.1 Å². The Morgan fingerprint density at radius 2 is 1.85 bits per heavy atom. The van der Waals surface area contributed by atoms with E-state index in [0.717, 1.165) is 65.6 Å². The average Bonchev–Trinajstić information content (AvgIpc) is 3.25. The minimum Gasteiger partial charge on any atom is -0.454 e. The maximum absolute atomic E-state index is 5.93. The number of piperidine rings is 1. The maximum atomic E-state index is 5.93. The number of nitrogens with zero attached hydrogens (tertiary/aromatic N) is 2. The van der Waals surface area contributed by atoms with Gasteiger partial charge in [0.25, 0.3) is 0 Å². The summed E-state index contributed by atoms with van der Waals surface area (Å²) < 4.78 is 5.93. The molecular formula is C19H21ClN4O2. The van der Waals surface area contributed by atoms with Crippen LogP contribution in [0.15, 0.2) is 47.0 Å². The van der Waals surface area contributed by atoms with Crippen LogP contribution in [0.4, 0.5) is 0 Å². The third kappa shape index (κ3) is 3.19. The predicted molar refractivity (Wildman–Crippen MR) is 104 cm³/mol. The minimum absolute atomic E-state index is 0. The van der Waals surface area contributed by atoms with Crippen molar-refractivity contribution in [2.75, 3.05) is 13.1 Å². The van der Waals surface area contributed by atoms with E-state index in [2.05, 4.69) is 26.3 Å². The third-order valence-electron chi connectivity index (χ3n) is 4.79. The molecule has 1 aromatic heterocycles. The summed E-state index contributed by atoms with van der Waals surface area (Å²) in [6.07, 6.45) is 4.12. The molecule has 0 saturated carbocycles. The molecule has 7 heteroatoms. The quantitative estimate of drug-likeness (QED) is 0.563. The van der Waals surface area contributed by atoms with Crippen LogP contribution in [0, 0.1) is 0 Å². The van der Waals surface area contributed by atoms with E-state index >= 15 is 0 Å². The van der Waals surface area contributed by atoms with Crippen LogP contribution in [-0.4, -0.2) is 33.5 Å². The lowest BCUT2D eigenvalue weighted by atomic mass is 9.97. The fraction of sp³-hybridized carbons (Fsp3) is 0.263. The van der Waals surface area contributed by atoms with Gasteiger partial charge in [0.15, 0.2) is 5.76 Å². The van der Waals surface area contributed by atoms with Gasteiger partial charge in [0.2, 0.25) is 0 Å². The molecule has 1 saturated heterocycles. The minimum atomic E-state index is 0. The molecule has 0 unspecified atom stereocenters. The number of hydrogen-bond acceptors (Lipinski definition) is 4. The molecule has 4 N–H and O–H groups in total. The van der Waals surface area contributed by atoms with E-state index in [0.29, 0.717) is 5.92 Å². The van der Waals surface area contributed by atoms with Gasteiger partial charge in [0.1, 0.15) is 22.8 Å². The van der Waals surface area contributed by atoms with Crippen molar-refractivity contribution >= 4 is 23.4 Å². The number of hydrogen-bond donors (Lipinski definition) is 2. The van der Waals surface area contributed by atoms with E-state index in [-0.39, 0.29) is 17.9 Å². The van der Waals surface area contributed by atoms with Gasteiger partial charge in [-0.2, -0.15) is 0 Å². The first-order valence-corrected chi connectivity index (χ1v) is 8.42. The number of aromatic amines is 1. The second kappa shape index (κ2) is 7.45. The van der Waals surface area contributed by atoms with Crippen LogP contribution < -0.4 is 5.32 Å². The van der Waals surface area contributed by atoms with Crippen LogP contribution in [0.2, 0.25) is 0 Å². The van der Waals surface area contributed by atoms with Crippen LogP contribution in [0.5, 0.6) is 0 Å². The van der Waals surface area contributed by atoms with Crippen LogP contribution in [0.1, 0.15) is 24.6 Å². The van der Waals surface area contributed by atoms with E-state index in [1.165, 1.54) is 0 Å². The molecule has 2 aromatic rings. The molecule has 0 amide bonds. The van der Waals surface area contributed by atoms with Crippen molar-refractivity contribution < 1.29 is 9.89 Å². The van der Waals surface area contributed by atoms with Gasteiger partial charge in [0.05, 0.1) is 11.9 Å². The Morgan fingerprint density at radius 1 is 1.04 bits per heavy atom. The Kier molecular flexibility index (Phi) is 5.27. The van der Waals surface area contributed by atoms with Crippen LogP contribution >= 0.6 is 12.4 Å². The Bertz CT molecular complexity index is 942. The molecular weight excluding hydrogens is 352 g/mol. The summed E-state index contributed by atoms with van der Waals surface area (Å²) in [4.78, 5) is 12.7. The Labute approximate surface area is 157 Å². The molecule has 0 atom stereocenters. The molecule has 1 fully saturated rings. The number of fused-ring (bicyclic) bond motifs is 2. The zero-order chi connectivity index (χ0) is 15.9. The number of furan rings is 1. The van der Waals surface area contributed by atoms with Crippen molar-refractivity contribution in [2.24, 2.45) is 0 Å². The van der Waals surface area contributed by atoms with Crippen LogP contribution in [0.25, 0.3) is 33.8 Å². The summed E-state index contributed by atoms with van der Waals surface area (Å²) in [5.74, 6) is 2.36. The summed E-state index contributed by atoms with van der Waals surface area (Å²) in [5, 5.41) is 4.49. The van der Waals surface area contributed by atoms with E-state index in [1.54, 1.807) is 0 Å². The highest BCUT2D eigenvalue weighted by molar-refractivity contribution is 5.85. The van der Waals surface area contributed by atoms with Gasteiger partial charge in [0, 0.05) is 11.3 Å². The highest BCUT2D eigenvalue weighted by Crippen LogP contribution is 2.32. The average molecular weight is 373 g/mol. The summed E-state index contributed by atoms with van der Waals surface area (Å²) >= 11 is 0. The highest BCUT2D eigenvalue weighted by atomic mass is 35.5. The van der Waals surface area contributed by atoms with Crippen molar-refractivity contribution in [3.05, 3.63) is 48.4 Å². The number of para-hydroxylation sites is 1. The van der Waals surface area contributed by atoms with Gasteiger partial charge >= 0.3 is 0 Å². The van der Waals surface area contributed by atoms with Crippen molar-refractivity contribution in [1.29, 1.82) is 0 Å². The second-order valence-electron chi connectivity index (χ2n) is 6.38. The summed E-state index contributed by atoms with van der Waals surface area (Å²) in [6, 6.07) is 12.1. The monoisotopic (exact) mass is 372 g/mol. The zero-order valence-corrected chi connectivity index (χ0v) is 15.0. The number of H-pyrrole nitrogens is 1. The predicted octanol–water partition coefficient (Wildman–Crippen LogP) is 3.39. The van der Waals surface area contributed by atoms with Crippen molar-refractivity contribution in [2.45, 2.75) is 18.8 Å². The van der Waals surface area contributed by atoms with Gasteiger partial charge in [-0.15, -0.1) is 12.4 Å². The standard InChI is InChI=1S/C19H18N4O.ClH.H2O/c1-2-4-17-13(3-1)9-18(24-17)15-10-14-16(22-15)11-21-19(23-14)12-5-7-20-8-6-12;;/h1-4,9-12,20H,5-8H2,(H,21,23);1H;1H2. The molecule has 0 aliphatic carbocycles. The van der Waals surface area contributed by atoms with Gasteiger partial charge < -0.3 is 20.2 Å². The normalized spacial score (nSPS) is 14.9. The van der Waals surface area contributed by atoms with Crippen LogP contribution in [-0.2, 0) is 0 Å². The molecule has 136 valence electrons. The first-order chi connectivity index (χ1) is 11.9. The smallest absolute Gasteiger partial charge is 0.153 e. The van der Waals surface area contributed by atoms with Crippen molar-refractivity contribution in [1.82, 2.24) is 20.3 Å². The molecule has 5 rings (SSSR count). The van der Waals surface area contributed by atoms with E-state index in [4.69, 9.17) is 4.42 Å². The van der Waals surface area contributed by atoms with E-state index < -0.39 is 0 Å². The van der Waals surface area contributed by atoms with Gasteiger partial charge in [-0.1, -0.05) is 18.2 Å². The third-order valence-corrected chi connectivity index (χ3v) is 4.79. The fourth-order valence-corrected chi connectivity index (χ4v) is 3.47.